The van der Waals surface area contributed by atoms with Crippen LogP contribution in [0, 0.1) is 0 Å². The molecule has 4 nitrogen and oxygen atoms in total. The maximum absolute atomic E-state index is 11.5. The molecule has 1 fully saturated rings. The van der Waals surface area contributed by atoms with E-state index < -0.39 is 0 Å². The van der Waals surface area contributed by atoms with Gasteiger partial charge in [-0.05, 0) is 39.0 Å². The largest absolute Gasteiger partial charge is 0.393 e. The fourth-order valence-electron chi connectivity index (χ4n) is 1.67. The Balaban J connectivity index is 2.07. The van der Waals surface area contributed by atoms with Gasteiger partial charge >= 0.3 is 0 Å². The maximum Gasteiger partial charge on any atom is 0.249 e. The number of ether oxygens (including phenoxy) is 1. The van der Waals surface area contributed by atoms with E-state index in [4.69, 9.17) is 9.84 Å². The molecule has 0 aromatic rings. The van der Waals surface area contributed by atoms with Gasteiger partial charge in [0, 0.05) is 13.2 Å². The molecule has 0 saturated carbocycles. The van der Waals surface area contributed by atoms with E-state index in [-0.39, 0.29) is 18.1 Å². The third-order valence-corrected chi connectivity index (χ3v) is 2.57. The molecule has 0 aliphatic carbocycles. The molecule has 1 aliphatic rings. The van der Waals surface area contributed by atoms with E-state index in [9.17, 15) is 4.79 Å². The summed E-state index contributed by atoms with van der Waals surface area (Å²) in [5.41, 5.74) is 0. The molecule has 0 radical (unpaired) electrons. The zero-order valence-corrected chi connectivity index (χ0v) is 9.37. The van der Waals surface area contributed by atoms with E-state index in [1.165, 1.54) is 0 Å². The average molecular weight is 215 g/mol. The second kappa shape index (κ2) is 6.80. The predicted molar refractivity (Wildman–Crippen MR) is 57.5 cm³/mol. The van der Waals surface area contributed by atoms with Gasteiger partial charge in [0.1, 0.15) is 6.10 Å². The number of hydrogen-bond donors (Lipinski definition) is 2. The normalized spacial score (nSPS) is 23.5. The molecule has 1 rings (SSSR count). The molecule has 0 spiro atoms. The Bertz CT molecular complexity index is 188. The van der Waals surface area contributed by atoms with Crippen LogP contribution < -0.4 is 5.32 Å². The van der Waals surface area contributed by atoms with Gasteiger partial charge in [-0.2, -0.15) is 0 Å². The van der Waals surface area contributed by atoms with Crippen molar-refractivity contribution in [2.75, 3.05) is 13.2 Å². The molecule has 2 N–H and O–H groups in total. The fourth-order valence-corrected chi connectivity index (χ4v) is 1.67. The first-order chi connectivity index (χ1) is 7.20. The summed E-state index contributed by atoms with van der Waals surface area (Å²) in [6, 6.07) is 0. The third-order valence-electron chi connectivity index (χ3n) is 2.57. The van der Waals surface area contributed by atoms with Gasteiger partial charge in [-0.3, -0.25) is 4.79 Å². The van der Waals surface area contributed by atoms with E-state index in [1.807, 2.05) is 0 Å². The molecule has 1 amide bonds. The van der Waals surface area contributed by atoms with Crippen molar-refractivity contribution in [1.29, 1.82) is 0 Å². The first kappa shape index (κ1) is 12.5. The van der Waals surface area contributed by atoms with Crippen molar-refractivity contribution < 1.29 is 14.6 Å². The Hall–Kier alpha value is -0.610. The highest BCUT2D eigenvalue weighted by Crippen LogP contribution is 2.12. The summed E-state index contributed by atoms with van der Waals surface area (Å²) in [4.78, 5) is 11.5. The van der Waals surface area contributed by atoms with Gasteiger partial charge in [-0.15, -0.1) is 0 Å². The van der Waals surface area contributed by atoms with E-state index in [0.29, 0.717) is 13.2 Å². The number of carbonyl (C=O) groups is 1. The number of nitrogens with one attached hydrogen (secondary N) is 1. The summed E-state index contributed by atoms with van der Waals surface area (Å²) in [5, 5.41) is 11.9. The summed E-state index contributed by atoms with van der Waals surface area (Å²) in [6.45, 7) is 3.08. The van der Waals surface area contributed by atoms with Crippen molar-refractivity contribution in [2.45, 2.75) is 51.2 Å². The average Bonchev–Trinajstić information content (AvgIpc) is 2.25. The lowest BCUT2D eigenvalue weighted by molar-refractivity contribution is -0.135. The predicted octanol–water partition coefficient (Wildman–Crippen LogP) is 0.833. The zero-order valence-electron chi connectivity index (χ0n) is 9.37. The molecule has 2 atom stereocenters. The SMILES string of the molecule is CC(O)CCCNC(=O)C1CCCCO1. The number of amides is 1. The van der Waals surface area contributed by atoms with Crippen molar-refractivity contribution >= 4 is 5.91 Å². The molecule has 88 valence electrons. The summed E-state index contributed by atoms with van der Waals surface area (Å²) in [7, 11) is 0. The molecule has 0 aromatic heterocycles. The van der Waals surface area contributed by atoms with Crippen LogP contribution in [0.1, 0.15) is 39.0 Å². The van der Waals surface area contributed by atoms with Gasteiger partial charge in [-0.25, -0.2) is 0 Å². The van der Waals surface area contributed by atoms with Gasteiger partial charge in [0.15, 0.2) is 0 Å². The highest BCUT2D eigenvalue weighted by Gasteiger charge is 2.21. The maximum atomic E-state index is 11.5. The van der Waals surface area contributed by atoms with Crippen LogP contribution in [0.4, 0.5) is 0 Å². The molecular formula is C11H21NO3. The van der Waals surface area contributed by atoms with E-state index in [2.05, 4.69) is 5.32 Å². The minimum absolute atomic E-state index is 0.000271. The van der Waals surface area contributed by atoms with Crippen LogP contribution in [0.2, 0.25) is 0 Å². The topological polar surface area (TPSA) is 58.6 Å². The van der Waals surface area contributed by atoms with Crippen LogP contribution in [0.15, 0.2) is 0 Å². The van der Waals surface area contributed by atoms with Crippen LogP contribution in [-0.2, 0) is 9.53 Å². The smallest absolute Gasteiger partial charge is 0.249 e. The molecule has 0 bridgehead atoms. The van der Waals surface area contributed by atoms with Crippen LogP contribution in [-0.4, -0.2) is 36.4 Å². The van der Waals surface area contributed by atoms with Crippen molar-refractivity contribution in [1.82, 2.24) is 5.32 Å². The van der Waals surface area contributed by atoms with Crippen LogP contribution >= 0.6 is 0 Å². The number of hydrogen-bond acceptors (Lipinski definition) is 3. The summed E-state index contributed by atoms with van der Waals surface area (Å²) < 4.78 is 5.36. The Labute approximate surface area is 91.0 Å². The van der Waals surface area contributed by atoms with Crippen molar-refractivity contribution in [2.24, 2.45) is 0 Å². The fraction of sp³-hybridized carbons (Fsp3) is 0.909. The minimum atomic E-state index is -0.284. The highest BCUT2D eigenvalue weighted by atomic mass is 16.5. The summed E-state index contributed by atoms with van der Waals surface area (Å²) >= 11 is 0. The van der Waals surface area contributed by atoms with Crippen molar-refractivity contribution in [3.63, 3.8) is 0 Å². The molecule has 1 heterocycles. The molecule has 15 heavy (non-hydrogen) atoms. The highest BCUT2D eigenvalue weighted by molar-refractivity contribution is 5.80. The first-order valence-electron chi connectivity index (χ1n) is 5.77. The Kier molecular flexibility index (Phi) is 5.65. The minimum Gasteiger partial charge on any atom is -0.393 e. The van der Waals surface area contributed by atoms with Crippen LogP contribution in [0.25, 0.3) is 0 Å². The van der Waals surface area contributed by atoms with Gasteiger partial charge in [0.25, 0.3) is 0 Å². The number of carbonyl (C=O) groups excluding carboxylic acids is 1. The monoisotopic (exact) mass is 215 g/mol. The van der Waals surface area contributed by atoms with Gasteiger partial charge in [0.05, 0.1) is 6.10 Å². The molecule has 1 aliphatic heterocycles. The second-order valence-corrected chi connectivity index (χ2v) is 4.14. The lowest BCUT2D eigenvalue weighted by Crippen LogP contribution is -2.38. The third kappa shape index (κ3) is 5.14. The number of aliphatic hydroxyl groups is 1. The lowest BCUT2D eigenvalue weighted by atomic mass is 10.1. The Morgan fingerprint density at radius 2 is 2.40 bits per heavy atom. The molecular weight excluding hydrogens is 194 g/mol. The van der Waals surface area contributed by atoms with Crippen LogP contribution in [0.5, 0.6) is 0 Å². The van der Waals surface area contributed by atoms with Gasteiger partial charge in [-0.1, -0.05) is 0 Å². The van der Waals surface area contributed by atoms with Crippen molar-refractivity contribution in [3.8, 4) is 0 Å². The Morgan fingerprint density at radius 1 is 1.60 bits per heavy atom. The quantitative estimate of drug-likeness (QED) is 0.668. The molecule has 4 heteroatoms. The van der Waals surface area contributed by atoms with Gasteiger partial charge < -0.3 is 15.2 Å². The molecule has 0 aromatic carbocycles. The van der Waals surface area contributed by atoms with E-state index in [0.717, 1.165) is 32.1 Å². The molecule has 2 unspecified atom stereocenters. The second-order valence-electron chi connectivity index (χ2n) is 4.14. The first-order valence-corrected chi connectivity index (χ1v) is 5.77. The Morgan fingerprint density at radius 3 is 3.00 bits per heavy atom. The summed E-state index contributed by atoms with van der Waals surface area (Å²) in [6.07, 6.45) is 3.99. The van der Waals surface area contributed by atoms with Gasteiger partial charge in [0.2, 0.25) is 5.91 Å². The van der Waals surface area contributed by atoms with E-state index >= 15 is 0 Å². The summed E-state index contributed by atoms with van der Waals surface area (Å²) in [5.74, 6) is 0.000271. The zero-order chi connectivity index (χ0) is 11.1. The van der Waals surface area contributed by atoms with Crippen LogP contribution in [0.3, 0.4) is 0 Å². The molecule has 1 saturated heterocycles. The van der Waals surface area contributed by atoms with Crippen molar-refractivity contribution in [3.05, 3.63) is 0 Å². The lowest BCUT2D eigenvalue weighted by Gasteiger charge is -2.21. The van der Waals surface area contributed by atoms with E-state index in [1.54, 1.807) is 6.92 Å². The number of rotatable bonds is 5. The standard InChI is InChI=1S/C11H21NO3/c1-9(13)5-4-7-12-11(14)10-6-2-3-8-15-10/h9-10,13H,2-8H2,1H3,(H,12,14). The number of aliphatic hydroxyl groups excluding tert-OH is 1.